The van der Waals surface area contributed by atoms with Gasteiger partial charge in [0.25, 0.3) is 0 Å². The van der Waals surface area contributed by atoms with Gasteiger partial charge >= 0.3 is 0 Å². The van der Waals surface area contributed by atoms with Crippen molar-refractivity contribution in [3.63, 3.8) is 0 Å². The maximum Gasteiger partial charge on any atom is 0.243 e. The third-order valence-corrected chi connectivity index (χ3v) is 5.15. The standard InChI is InChI=1S/C16H15ClN4OS2/c1-10(15(22)18-9-11-5-2-3-6-12(11)17)21-14(19-20-16(21)23)13-7-4-8-24-13/h2-8,10H,9H2,1H3,(H,18,22)(H,20,23)/t10-/m0/s1. The predicted molar refractivity (Wildman–Crippen MR) is 98.7 cm³/mol. The molecule has 0 unspecified atom stereocenters. The van der Waals surface area contributed by atoms with E-state index in [-0.39, 0.29) is 5.91 Å². The molecular weight excluding hydrogens is 364 g/mol. The van der Waals surface area contributed by atoms with E-state index < -0.39 is 6.04 Å². The molecule has 1 atom stereocenters. The van der Waals surface area contributed by atoms with Crippen LogP contribution in [0.5, 0.6) is 0 Å². The Kier molecular flexibility index (Phi) is 5.13. The van der Waals surface area contributed by atoms with Crippen LogP contribution in [-0.2, 0) is 11.3 Å². The number of aromatic amines is 1. The van der Waals surface area contributed by atoms with Crippen molar-refractivity contribution in [1.82, 2.24) is 20.1 Å². The van der Waals surface area contributed by atoms with E-state index in [2.05, 4.69) is 15.5 Å². The van der Waals surface area contributed by atoms with E-state index in [1.54, 1.807) is 28.9 Å². The Morgan fingerprint density at radius 1 is 1.42 bits per heavy atom. The van der Waals surface area contributed by atoms with Crippen molar-refractivity contribution in [3.8, 4) is 10.7 Å². The highest BCUT2D eigenvalue weighted by Crippen LogP contribution is 2.25. The van der Waals surface area contributed by atoms with Gasteiger partial charge in [0, 0.05) is 11.6 Å². The Bertz CT molecular complexity index is 901. The lowest BCUT2D eigenvalue weighted by molar-refractivity contribution is -0.124. The second-order valence-electron chi connectivity index (χ2n) is 5.18. The van der Waals surface area contributed by atoms with Crippen LogP contribution in [0.15, 0.2) is 41.8 Å². The Hall–Kier alpha value is -1.96. The summed E-state index contributed by atoms with van der Waals surface area (Å²) in [6.45, 7) is 2.16. The number of hydrogen-bond donors (Lipinski definition) is 2. The van der Waals surface area contributed by atoms with Crippen molar-refractivity contribution in [2.45, 2.75) is 19.5 Å². The first kappa shape index (κ1) is 16.9. The zero-order valence-corrected chi connectivity index (χ0v) is 15.2. The number of halogens is 1. The molecule has 5 nitrogen and oxygen atoms in total. The molecule has 0 spiro atoms. The van der Waals surface area contributed by atoms with E-state index in [0.29, 0.717) is 22.2 Å². The molecule has 1 aromatic carbocycles. The summed E-state index contributed by atoms with van der Waals surface area (Å²) in [6.07, 6.45) is 0. The number of amides is 1. The topological polar surface area (TPSA) is 62.7 Å². The van der Waals surface area contributed by atoms with Gasteiger partial charge < -0.3 is 5.32 Å². The van der Waals surface area contributed by atoms with Gasteiger partial charge in [-0.2, -0.15) is 5.10 Å². The van der Waals surface area contributed by atoms with E-state index in [0.717, 1.165) is 10.4 Å². The monoisotopic (exact) mass is 378 g/mol. The molecule has 0 bridgehead atoms. The first-order valence-electron chi connectivity index (χ1n) is 7.30. The van der Waals surface area contributed by atoms with Crippen molar-refractivity contribution in [1.29, 1.82) is 0 Å². The predicted octanol–water partition coefficient (Wildman–Crippen LogP) is 4.20. The molecule has 0 saturated carbocycles. The maximum absolute atomic E-state index is 12.5. The number of nitrogens with zero attached hydrogens (tertiary/aromatic N) is 2. The molecule has 124 valence electrons. The minimum absolute atomic E-state index is 0.148. The molecule has 0 fully saturated rings. The molecule has 2 aromatic heterocycles. The highest BCUT2D eigenvalue weighted by molar-refractivity contribution is 7.71. The van der Waals surface area contributed by atoms with Gasteiger partial charge in [-0.3, -0.25) is 14.5 Å². The Balaban J connectivity index is 1.78. The van der Waals surface area contributed by atoms with Crippen LogP contribution in [0.2, 0.25) is 5.02 Å². The van der Waals surface area contributed by atoms with Gasteiger partial charge in [-0.1, -0.05) is 35.9 Å². The number of benzene rings is 1. The summed E-state index contributed by atoms with van der Waals surface area (Å²) in [5.41, 5.74) is 0.869. The SMILES string of the molecule is C[C@@H](C(=O)NCc1ccccc1Cl)n1c(-c2cccs2)n[nH]c1=S. The van der Waals surface area contributed by atoms with E-state index in [1.807, 2.05) is 35.7 Å². The first-order chi connectivity index (χ1) is 11.6. The number of H-pyrrole nitrogens is 1. The lowest BCUT2D eigenvalue weighted by Gasteiger charge is -2.15. The number of thiophene rings is 1. The highest BCUT2D eigenvalue weighted by atomic mass is 35.5. The van der Waals surface area contributed by atoms with Crippen LogP contribution < -0.4 is 5.32 Å². The number of rotatable bonds is 5. The fourth-order valence-electron chi connectivity index (χ4n) is 2.33. The van der Waals surface area contributed by atoms with Gasteiger partial charge in [0.05, 0.1) is 4.88 Å². The highest BCUT2D eigenvalue weighted by Gasteiger charge is 2.21. The second-order valence-corrected chi connectivity index (χ2v) is 6.93. The van der Waals surface area contributed by atoms with E-state index in [1.165, 1.54) is 0 Å². The number of carbonyl (C=O) groups is 1. The van der Waals surface area contributed by atoms with Gasteiger partial charge in [0.1, 0.15) is 6.04 Å². The van der Waals surface area contributed by atoms with Crippen LogP contribution in [0.3, 0.4) is 0 Å². The second kappa shape index (κ2) is 7.29. The molecule has 0 saturated heterocycles. The summed E-state index contributed by atoms with van der Waals surface area (Å²) in [6, 6.07) is 10.8. The van der Waals surface area contributed by atoms with Crippen molar-refractivity contribution in [2.24, 2.45) is 0 Å². The zero-order chi connectivity index (χ0) is 17.1. The van der Waals surface area contributed by atoms with Gasteiger partial charge in [-0.15, -0.1) is 11.3 Å². The van der Waals surface area contributed by atoms with Gasteiger partial charge in [0.2, 0.25) is 5.91 Å². The molecule has 0 aliphatic heterocycles. The number of nitrogens with one attached hydrogen (secondary N) is 2. The molecule has 0 radical (unpaired) electrons. The Morgan fingerprint density at radius 2 is 2.21 bits per heavy atom. The van der Waals surface area contributed by atoms with Gasteiger partial charge in [-0.25, -0.2) is 0 Å². The lowest BCUT2D eigenvalue weighted by atomic mass is 10.2. The fourth-order valence-corrected chi connectivity index (χ4v) is 3.54. The van der Waals surface area contributed by atoms with Gasteiger partial charge in [-0.05, 0) is 42.2 Å². The molecule has 3 rings (SSSR count). The molecular formula is C16H15ClN4OS2. The number of carbonyl (C=O) groups excluding carboxylic acids is 1. The van der Waals surface area contributed by atoms with Crippen LogP contribution in [0.4, 0.5) is 0 Å². The first-order valence-corrected chi connectivity index (χ1v) is 8.96. The average Bonchev–Trinajstić information content (AvgIpc) is 3.22. The summed E-state index contributed by atoms with van der Waals surface area (Å²) in [5.74, 6) is 0.514. The Morgan fingerprint density at radius 3 is 2.92 bits per heavy atom. The zero-order valence-electron chi connectivity index (χ0n) is 12.8. The van der Waals surface area contributed by atoms with Crippen LogP contribution in [-0.4, -0.2) is 20.7 Å². The van der Waals surface area contributed by atoms with Crippen LogP contribution in [0, 0.1) is 4.77 Å². The molecule has 0 aliphatic rings. The molecule has 2 N–H and O–H groups in total. The molecule has 3 aromatic rings. The number of hydrogen-bond acceptors (Lipinski definition) is 4. The minimum atomic E-state index is -0.490. The normalized spacial score (nSPS) is 12.1. The van der Waals surface area contributed by atoms with Crippen molar-refractivity contribution in [2.75, 3.05) is 0 Å². The molecule has 24 heavy (non-hydrogen) atoms. The fraction of sp³-hybridized carbons (Fsp3) is 0.188. The van der Waals surface area contributed by atoms with E-state index in [9.17, 15) is 4.79 Å². The number of aromatic nitrogens is 3. The third kappa shape index (κ3) is 3.43. The summed E-state index contributed by atoms with van der Waals surface area (Å²) >= 11 is 13.0. The summed E-state index contributed by atoms with van der Waals surface area (Å²) < 4.78 is 2.14. The average molecular weight is 379 g/mol. The van der Waals surface area contributed by atoms with Crippen LogP contribution in [0.1, 0.15) is 18.5 Å². The maximum atomic E-state index is 12.5. The van der Waals surface area contributed by atoms with Crippen LogP contribution in [0.25, 0.3) is 10.7 Å². The van der Waals surface area contributed by atoms with E-state index in [4.69, 9.17) is 23.8 Å². The lowest BCUT2D eigenvalue weighted by Crippen LogP contribution is -2.31. The van der Waals surface area contributed by atoms with Gasteiger partial charge in [0.15, 0.2) is 10.6 Å². The molecule has 2 heterocycles. The van der Waals surface area contributed by atoms with Crippen molar-refractivity contribution >= 4 is 41.1 Å². The molecule has 1 amide bonds. The molecule has 0 aliphatic carbocycles. The molecule has 8 heteroatoms. The minimum Gasteiger partial charge on any atom is -0.350 e. The Labute approximate surface area is 153 Å². The smallest absolute Gasteiger partial charge is 0.243 e. The van der Waals surface area contributed by atoms with Crippen molar-refractivity contribution in [3.05, 3.63) is 57.1 Å². The summed E-state index contributed by atoms with van der Waals surface area (Å²) in [5, 5.41) is 12.5. The largest absolute Gasteiger partial charge is 0.350 e. The van der Waals surface area contributed by atoms with E-state index >= 15 is 0 Å². The van der Waals surface area contributed by atoms with Crippen molar-refractivity contribution < 1.29 is 4.79 Å². The third-order valence-electron chi connectivity index (χ3n) is 3.62. The quantitative estimate of drug-likeness (QED) is 0.654. The summed E-state index contributed by atoms with van der Waals surface area (Å²) in [7, 11) is 0. The van der Waals surface area contributed by atoms with Crippen LogP contribution >= 0.6 is 35.2 Å². The summed E-state index contributed by atoms with van der Waals surface area (Å²) in [4.78, 5) is 13.5.